The van der Waals surface area contributed by atoms with Crippen molar-refractivity contribution in [2.45, 2.75) is 43.7 Å². The Kier molecular flexibility index (Phi) is 8.29. The third-order valence-corrected chi connectivity index (χ3v) is 7.25. The van der Waals surface area contributed by atoms with Crippen LogP contribution in [0.25, 0.3) is 0 Å². The summed E-state index contributed by atoms with van der Waals surface area (Å²) in [5.41, 5.74) is 1.39. The molecule has 0 bridgehead atoms. The summed E-state index contributed by atoms with van der Waals surface area (Å²) >= 11 is 0. The minimum Gasteiger partial charge on any atom is -0.466 e. The van der Waals surface area contributed by atoms with E-state index in [4.69, 9.17) is 14.2 Å². The minimum atomic E-state index is -1.35. The third-order valence-electron chi connectivity index (χ3n) is 7.25. The first-order valence-corrected chi connectivity index (χ1v) is 12.5. The van der Waals surface area contributed by atoms with Crippen LogP contribution >= 0.6 is 0 Å². The number of aliphatic hydroxyl groups excluding tert-OH is 1. The van der Waals surface area contributed by atoms with Crippen molar-refractivity contribution in [1.29, 1.82) is 0 Å². The van der Waals surface area contributed by atoms with Gasteiger partial charge in [0, 0.05) is 13.0 Å². The van der Waals surface area contributed by atoms with Gasteiger partial charge in [0.15, 0.2) is 6.29 Å². The number of carbonyl (C=O) groups excluding carboxylic acids is 2. The van der Waals surface area contributed by atoms with Gasteiger partial charge in [0.25, 0.3) is 0 Å². The van der Waals surface area contributed by atoms with Crippen molar-refractivity contribution >= 4 is 11.9 Å². The molecule has 0 spiro atoms. The zero-order valence-corrected chi connectivity index (χ0v) is 22.0. The first-order valence-electron chi connectivity index (χ1n) is 12.5. The second-order valence-corrected chi connectivity index (χ2v) is 9.42. The van der Waals surface area contributed by atoms with E-state index >= 15 is 0 Å². The molecule has 38 heavy (non-hydrogen) atoms. The number of benzene rings is 3. The molecule has 0 amide bonds. The SMILES string of the molecule is COC(=O)C(OC(=O)c1ccccc1)C1(C)C(c2ccccc2)C=C(C(O)OC)N1C(C)c1ccccc1. The highest BCUT2D eigenvalue weighted by Crippen LogP contribution is 2.51. The van der Waals surface area contributed by atoms with Crippen molar-refractivity contribution in [3.8, 4) is 0 Å². The van der Waals surface area contributed by atoms with Crippen LogP contribution in [0.5, 0.6) is 0 Å². The lowest BCUT2D eigenvalue weighted by Crippen LogP contribution is -2.60. The first-order chi connectivity index (χ1) is 18.3. The van der Waals surface area contributed by atoms with E-state index in [1.165, 1.54) is 14.2 Å². The van der Waals surface area contributed by atoms with Gasteiger partial charge in [-0.1, -0.05) is 78.9 Å². The summed E-state index contributed by atoms with van der Waals surface area (Å²) < 4.78 is 16.6. The molecule has 3 aromatic rings. The number of hydrogen-bond donors (Lipinski definition) is 1. The molecule has 3 aromatic carbocycles. The van der Waals surface area contributed by atoms with Crippen molar-refractivity contribution < 1.29 is 28.9 Å². The Morgan fingerprint density at radius 1 is 0.895 bits per heavy atom. The molecule has 5 atom stereocenters. The standard InChI is InChI=1S/C31H33NO6/c1-21(22-14-8-5-9-15-22)32-26(29(34)36-3)20-25(23-16-10-6-11-17-23)31(32,2)27(30(35)37-4)38-28(33)24-18-12-7-13-19-24/h5-21,25,27,29,34H,1-4H3. The van der Waals surface area contributed by atoms with Gasteiger partial charge in [-0.05, 0) is 43.2 Å². The highest BCUT2D eigenvalue weighted by Gasteiger charge is 2.58. The molecular weight excluding hydrogens is 482 g/mol. The fourth-order valence-corrected chi connectivity index (χ4v) is 5.34. The van der Waals surface area contributed by atoms with Crippen LogP contribution in [0.15, 0.2) is 103 Å². The molecule has 0 aliphatic carbocycles. The predicted octanol–water partition coefficient (Wildman–Crippen LogP) is 4.85. The van der Waals surface area contributed by atoms with E-state index in [0.717, 1.165) is 11.1 Å². The van der Waals surface area contributed by atoms with Crippen LogP contribution in [0.4, 0.5) is 0 Å². The van der Waals surface area contributed by atoms with Gasteiger partial charge in [-0.2, -0.15) is 0 Å². The van der Waals surface area contributed by atoms with Crippen LogP contribution in [-0.4, -0.2) is 54.1 Å². The molecule has 0 fully saturated rings. The van der Waals surface area contributed by atoms with Crippen LogP contribution in [0.2, 0.25) is 0 Å². The predicted molar refractivity (Wildman–Crippen MR) is 143 cm³/mol. The molecule has 4 rings (SSSR count). The summed E-state index contributed by atoms with van der Waals surface area (Å²) in [7, 11) is 2.68. The Bertz CT molecular complexity index is 1260. The second-order valence-electron chi connectivity index (χ2n) is 9.42. The van der Waals surface area contributed by atoms with Crippen LogP contribution in [-0.2, 0) is 19.0 Å². The summed E-state index contributed by atoms with van der Waals surface area (Å²) in [6, 6.07) is 27.5. The minimum absolute atomic E-state index is 0.312. The van der Waals surface area contributed by atoms with Crippen molar-refractivity contribution in [3.63, 3.8) is 0 Å². The lowest BCUT2D eigenvalue weighted by Gasteiger charge is -2.49. The van der Waals surface area contributed by atoms with E-state index in [1.54, 1.807) is 30.3 Å². The average Bonchev–Trinajstić information content (AvgIpc) is 3.29. The van der Waals surface area contributed by atoms with E-state index in [-0.39, 0.29) is 6.04 Å². The van der Waals surface area contributed by atoms with Crippen molar-refractivity contribution in [3.05, 3.63) is 119 Å². The second kappa shape index (κ2) is 11.6. The van der Waals surface area contributed by atoms with Crippen LogP contribution in [0.1, 0.15) is 47.3 Å². The summed E-state index contributed by atoms with van der Waals surface area (Å²) in [4.78, 5) is 28.7. The number of esters is 2. The first kappa shape index (κ1) is 27.1. The van der Waals surface area contributed by atoms with Crippen molar-refractivity contribution in [2.75, 3.05) is 14.2 Å². The highest BCUT2D eigenvalue weighted by molar-refractivity contribution is 5.92. The summed E-state index contributed by atoms with van der Waals surface area (Å²) in [5, 5.41) is 11.0. The molecule has 7 nitrogen and oxygen atoms in total. The van der Waals surface area contributed by atoms with E-state index in [1.807, 2.05) is 85.5 Å². The van der Waals surface area contributed by atoms with Crippen LogP contribution < -0.4 is 0 Å². The normalized spacial score (nSPS) is 21.2. The zero-order chi connectivity index (χ0) is 27.3. The number of hydrogen-bond acceptors (Lipinski definition) is 7. The number of methoxy groups -OCH3 is 2. The average molecular weight is 516 g/mol. The summed E-state index contributed by atoms with van der Waals surface area (Å²) in [5.74, 6) is -1.83. The molecule has 7 heteroatoms. The van der Waals surface area contributed by atoms with Gasteiger partial charge in [0.05, 0.1) is 30.0 Å². The Morgan fingerprint density at radius 2 is 1.45 bits per heavy atom. The van der Waals surface area contributed by atoms with E-state index in [2.05, 4.69) is 0 Å². The molecule has 0 aromatic heterocycles. The number of nitrogens with zero attached hydrogens (tertiary/aromatic N) is 1. The monoisotopic (exact) mass is 515 g/mol. The van der Waals surface area contributed by atoms with Crippen molar-refractivity contribution in [2.24, 2.45) is 0 Å². The number of aliphatic hydroxyl groups is 1. The molecule has 0 saturated carbocycles. The molecule has 0 saturated heterocycles. The summed E-state index contributed by atoms with van der Waals surface area (Å²) in [6.45, 7) is 3.83. The topological polar surface area (TPSA) is 85.3 Å². The number of rotatable bonds is 9. The van der Waals surface area contributed by atoms with Gasteiger partial charge in [-0.3, -0.25) is 0 Å². The van der Waals surface area contributed by atoms with Gasteiger partial charge in [-0.25, -0.2) is 9.59 Å². The highest BCUT2D eigenvalue weighted by atomic mass is 16.6. The number of carbonyl (C=O) groups is 2. The fourth-order valence-electron chi connectivity index (χ4n) is 5.34. The van der Waals surface area contributed by atoms with Crippen LogP contribution in [0, 0.1) is 0 Å². The Labute approximate surface area is 223 Å². The maximum absolute atomic E-state index is 13.5. The summed E-state index contributed by atoms with van der Waals surface area (Å²) in [6.07, 6.45) is -0.749. The maximum atomic E-state index is 13.5. The lowest BCUT2D eigenvalue weighted by atomic mass is 9.76. The van der Waals surface area contributed by atoms with Crippen LogP contribution in [0.3, 0.4) is 0 Å². The third kappa shape index (κ3) is 5.08. The van der Waals surface area contributed by atoms with Gasteiger partial charge >= 0.3 is 11.9 Å². The molecule has 198 valence electrons. The van der Waals surface area contributed by atoms with Gasteiger partial charge in [-0.15, -0.1) is 0 Å². The molecule has 1 aliphatic rings. The largest absolute Gasteiger partial charge is 0.466 e. The number of ether oxygens (including phenoxy) is 3. The van der Waals surface area contributed by atoms with Gasteiger partial charge in [0.1, 0.15) is 0 Å². The molecule has 5 unspecified atom stereocenters. The maximum Gasteiger partial charge on any atom is 0.349 e. The zero-order valence-electron chi connectivity index (χ0n) is 22.0. The van der Waals surface area contributed by atoms with E-state index in [9.17, 15) is 14.7 Å². The Balaban J connectivity index is 1.91. The molecular formula is C31H33NO6. The molecule has 0 radical (unpaired) electrons. The van der Waals surface area contributed by atoms with E-state index in [0.29, 0.717) is 11.3 Å². The lowest BCUT2D eigenvalue weighted by molar-refractivity contribution is -0.162. The Morgan fingerprint density at radius 3 is 2.00 bits per heavy atom. The molecule has 1 heterocycles. The van der Waals surface area contributed by atoms with Gasteiger partial charge in [0.2, 0.25) is 6.10 Å². The molecule has 1 N–H and O–H groups in total. The fraction of sp³-hybridized carbons (Fsp3) is 0.290. The molecule has 1 aliphatic heterocycles. The van der Waals surface area contributed by atoms with Gasteiger partial charge < -0.3 is 24.2 Å². The Hall–Kier alpha value is -3.94. The van der Waals surface area contributed by atoms with E-state index < -0.39 is 35.8 Å². The van der Waals surface area contributed by atoms with Crippen molar-refractivity contribution in [1.82, 2.24) is 4.90 Å². The smallest absolute Gasteiger partial charge is 0.349 e. The quantitative estimate of drug-likeness (QED) is 0.322.